The molecule has 1 aromatic rings. The van der Waals surface area contributed by atoms with E-state index in [1.807, 2.05) is 0 Å². The summed E-state index contributed by atoms with van der Waals surface area (Å²) < 4.78 is 10.7. The lowest BCUT2D eigenvalue weighted by Gasteiger charge is -2.10. The Kier molecular flexibility index (Phi) is 3.97. The molecule has 0 aliphatic carbocycles. The number of cyclic esters (lactones) is 1. The van der Waals surface area contributed by atoms with Crippen molar-refractivity contribution in [3.05, 3.63) is 11.4 Å². The van der Waals surface area contributed by atoms with Crippen LogP contribution in [0.25, 0.3) is 0 Å². The molecule has 0 spiro atoms. The van der Waals surface area contributed by atoms with E-state index in [1.165, 1.54) is 4.68 Å². The Labute approximate surface area is 114 Å². The van der Waals surface area contributed by atoms with Gasteiger partial charge in [0.2, 0.25) is 0 Å². The molecule has 9 heteroatoms. The van der Waals surface area contributed by atoms with Crippen LogP contribution in [0, 0.1) is 6.92 Å². The zero-order valence-electron chi connectivity index (χ0n) is 11.2. The van der Waals surface area contributed by atoms with E-state index in [2.05, 4.69) is 15.0 Å². The molecule has 2 heterocycles. The first-order valence-electron chi connectivity index (χ1n) is 6.09. The highest BCUT2D eigenvalue weighted by molar-refractivity contribution is 5.93. The Hall–Kier alpha value is -2.45. The summed E-state index contributed by atoms with van der Waals surface area (Å²) in [4.78, 5) is 35.7. The van der Waals surface area contributed by atoms with Gasteiger partial charge in [-0.05, 0) is 13.8 Å². The molecular formula is C11H14N4O5. The number of rotatable bonds is 4. The van der Waals surface area contributed by atoms with Gasteiger partial charge in [0.15, 0.2) is 5.69 Å². The van der Waals surface area contributed by atoms with Crippen LogP contribution < -0.4 is 0 Å². The highest BCUT2D eigenvalue weighted by Crippen LogP contribution is 2.08. The number of amides is 2. The van der Waals surface area contributed by atoms with Crippen LogP contribution in [-0.2, 0) is 20.8 Å². The second-order valence-corrected chi connectivity index (χ2v) is 4.06. The van der Waals surface area contributed by atoms with E-state index < -0.39 is 18.0 Å². The molecule has 0 N–H and O–H groups in total. The van der Waals surface area contributed by atoms with Crippen molar-refractivity contribution in [2.24, 2.45) is 0 Å². The van der Waals surface area contributed by atoms with Crippen molar-refractivity contribution in [2.45, 2.75) is 20.4 Å². The largest absolute Gasteiger partial charge is 0.461 e. The summed E-state index contributed by atoms with van der Waals surface area (Å²) in [5, 5.41) is 7.41. The van der Waals surface area contributed by atoms with Gasteiger partial charge in [0.1, 0.15) is 13.2 Å². The lowest BCUT2D eigenvalue weighted by atomic mass is 10.3. The molecule has 1 aromatic heterocycles. The molecule has 2 rings (SSSR count). The molecule has 1 fully saturated rings. The van der Waals surface area contributed by atoms with Crippen molar-refractivity contribution in [3.63, 3.8) is 0 Å². The minimum Gasteiger partial charge on any atom is -0.461 e. The number of ether oxygens (including phenoxy) is 2. The van der Waals surface area contributed by atoms with Crippen LogP contribution in [0.5, 0.6) is 0 Å². The number of hydrogen-bond donors (Lipinski definition) is 0. The summed E-state index contributed by atoms with van der Waals surface area (Å²) in [7, 11) is 0. The third-order valence-corrected chi connectivity index (χ3v) is 2.80. The van der Waals surface area contributed by atoms with Crippen molar-refractivity contribution < 1.29 is 23.9 Å². The quantitative estimate of drug-likeness (QED) is 0.701. The fourth-order valence-electron chi connectivity index (χ4n) is 1.73. The summed E-state index contributed by atoms with van der Waals surface area (Å²) in [6, 6.07) is 0. The maximum absolute atomic E-state index is 11.9. The van der Waals surface area contributed by atoms with Gasteiger partial charge in [-0.3, -0.25) is 4.79 Å². The molecule has 0 bridgehead atoms. The summed E-state index contributed by atoms with van der Waals surface area (Å²) in [5.74, 6) is -1.06. The van der Waals surface area contributed by atoms with Crippen molar-refractivity contribution in [3.8, 4) is 0 Å². The molecule has 0 atom stereocenters. The van der Waals surface area contributed by atoms with Gasteiger partial charge >= 0.3 is 12.1 Å². The van der Waals surface area contributed by atoms with Crippen molar-refractivity contribution in [1.82, 2.24) is 19.9 Å². The fourth-order valence-corrected chi connectivity index (χ4v) is 1.73. The molecule has 0 aromatic carbocycles. The number of esters is 1. The van der Waals surface area contributed by atoms with Gasteiger partial charge in [-0.1, -0.05) is 5.21 Å². The lowest BCUT2D eigenvalue weighted by Crippen LogP contribution is -2.35. The molecule has 0 radical (unpaired) electrons. The molecule has 1 aliphatic rings. The van der Waals surface area contributed by atoms with E-state index in [0.29, 0.717) is 5.69 Å². The zero-order valence-corrected chi connectivity index (χ0v) is 11.2. The standard InChI is InChI=1S/C11H14N4O5/c1-3-19-10(17)9-7(2)15(13-12-9)6-8(16)14-4-5-20-11(14)18/h3-6H2,1-2H3. The van der Waals surface area contributed by atoms with Crippen LogP contribution in [0.4, 0.5) is 4.79 Å². The molecular weight excluding hydrogens is 268 g/mol. The van der Waals surface area contributed by atoms with Crippen LogP contribution in [0.1, 0.15) is 23.1 Å². The van der Waals surface area contributed by atoms with Crippen LogP contribution in [0.3, 0.4) is 0 Å². The summed E-state index contributed by atoms with van der Waals surface area (Å²) in [6.07, 6.45) is -0.668. The van der Waals surface area contributed by atoms with E-state index in [9.17, 15) is 14.4 Å². The van der Waals surface area contributed by atoms with E-state index in [-0.39, 0.29) is 32.0 Å². The number of aromatic nitrogens is 3. The third-order valence-electron chi connectivity index (χ3n) is 2.80. The molecule has 1 saturated heterocycles. The predicted octanol–water partition coefficient (Wildman–Crippen LogP) is -0.258. The molecule has 108 valence electrons. The average Bonchev–Trinajstić information content (AvgIpc) is 2.97. The van der Waals surface area contributed by atoms with Crippen molar-refractivity contribution in [1.29, 1.82) is 0 Å². The zero-order chi connectivity index (χ0) is 14.7. The van der Waals surface area contributed by atoms with E-state index in [1.54, 1.807) is 13.8 Å². The highest BCUT2D eigenvalue weighted by atomic mass is 16.6. The first-order valence-corrected chi connectivity index (χ1v) is 6.09. The summed E-state index contributed by atoms with van der Waals surface area (Å²) in [5.41, 5.74) is 0.466. The summed E-state index contributed by atoms with van der Waals surface area (Å²) in [6.45, 7) is 3.73. The molecule has 0 unspecified atom stereocenters. The smallest absolute Gasteiger partial charge is 0.416 e. The van der Waals surface area contributed by atoms with Gasteiger partial charge in [0.25, 0.3) is 5.91 Å². The average molecular weight is 282 g/mol. The van der Waals surface area contributed by atoms with Crippen LogP contribution in [-0.4, -0.2) is 57.6 Å². The van der Waals surface area contributed by atoms with Gasteiger partial charge in [-0.25, -0.2) is 19.2 Å². The maximum Gasteiger partial charge on any atom is 0.416 e. The van der Waals surface area contributed by atoms with E-state index in [4.69, 9.17) is 4.74 Å². The summed E-state index contributed by atoms with van der Waals surface area (Å²) >= 11 is 0. The highest BCUT2D eigenvalue weighted by Gasteiger charge is 2.29. The lowest BCUT2D eigenvalue weighted by molar-refractivity contribution is -0.128. The Morgan fingerprint density at radius 3 is 2.80 bits per heavy atom. The predicted molar refractivity (Wildman–Crippen MR) is 63.8 cm³/mol. The number of carbonyl (C=O) groups excluding carboxylic acids is 3. The Balaban J connectivity index is 2.08. The topological polar surface area (TPSA) is 104 Å². The molecule has 0 saturated carbocycles. The normalized spacial score (nSPS) is 14.3. The van der Waals surface area contributed by atoms with Crippen LogP contribution in [0.15, 0.2) is 0 Å². The molecule has 20 heavy (non-hydrogen) atoms. The van der Waals surface area contributed by atoms with Gasteiger partial charge in [-0.15, -0.1) is 5.10 Å². The molecule has 2 amide bonds. The first kappa shape index (κ1) is 14.0. The maximum atomic E-state index is 11.9. The van der Waals surface area contributed by atoms with Crippen molar-refractivity contribution >= 4 is 18.0 Å². The Morgan fingerprint density at radius 2 is 2.20 bits per heavy atom. The second-order valence-electron chi connectivity index (χ2n) is 4.06. The Morgan fingerprint density at radius 1 is 1.45 bits per heavy atom. The molecule has 1 aliphatic heterocycles. The number of imide groups is 1. The van der Waals surface area contributed by atoms with Gasteiger partial charge in [0.05, 0.1) is 18.8 Å². The second kappa shape index (κ2) is 5.68. The monoisotopic (exact) mass is 282 g/mol. The molecule has 9 nitrogen and oxygen atoms in total. The van der Waals surface area contributed by atoms with E-state index in [0.717, 1.165) is 4.90 Å². The first-order chi connectivity index (χ1) is 9.54. The van der Waals surface area contributed by atoms with Crippen LogP contribution >= 0.6 is 0 Å². The van der Waals surface area contributed by atoms with E-state index >= 15 is 0 Å². The minimum atomic E-state index is -0.668. The SMILES string of the molecule is CCOC(=O)c1nnn(CC(=O)N2CCOC2=O)c1C. The fraction of sp³-hybridized carbons (Fsp3) is 0.545. The number of hydrogen-bond acceptors (Lipinski definition) is 7. The minimum absolute atomic E-state index is 0.0589. The van der Waals surface area contributed by atoms with Gasteiger partial charge in [-0.2, -0.15) is 0 Å². The van der Waals surface area contributed by atoms with Gasteiger partial charge < -0.3 is 9.47 Å². The van der Waals surface area contributed by atoms with Gasteiger partial charge in [0, 0.05) is 0 Å². The third kappa shape index (κ3) is 2.60. The van der Waals surface area contributed by atoms with Crippen LogP contribution in [0.2, 0.25) is 0 Å². The number of carbonyl (C=O) groups is 3. The van der Waals surface area contributed by atoms with Crippen molar-refractivity contribution in [2.75, 3.05) is 19.8 Å². The number of nitrogens with zero attached hydrogens (tertiary/aromatic N) is 4. The Bertz CT molecular complexity index is 553.